The molecule has 1 saturated heterocycles. The fourth-order valence-corrected chi connectivity index (χ4v) is 3.12. The number of ether oxygens (including phenoxy) is 1. The van der Waals surface area contributed by atoms with Gasteiger partial charge in [-0.05, 0) is 45.6 Å². The number of alkyl carbamates (subject to hydrolysis) is 1. The van der Waals surface area contributed by atoms with Gasteiger partial charge >= 0.3 is 6.09 Å². The summed E-state index contributed by atoms with van der Waals surface area (Å²) in [5.41, 5.74) is 8.36. The zero-order valence-electron chi connectivity index (χ0n) is 14.7. The Balaban J connectivity index is 2.09. The number of amides is 1. The van der Waals surface area contributed by atoms with Gasteiger partial charge < -0.3 is 20.7 Å². The Morgan fingerprint density at radius 3 is 2.70 bits per heavy atom. The molecule has 0 spiro atoms. The Morgan fingerprint density at radius 1 is 1.39 bits per heavy atom. The molecule has 3 N–H and O–H groups in total. The normalized spacial score (nSPS) is 21.9. The molecule has 6 nitrogen and oxygen atoms in total. The lowest BCUT2D eigenvalue weighted by molar-refractivity contribution is 0.0495. The standard InChI is InChI=1S/C17H28N4O2/c1-11-6-13(20-16(22)23-17(3,4)5)10-21(9-11)15-12(2)7-19-8-14(15)18/h7-8,11,13H,6,9-10,18H2,1-5H3,(H,20,22). The smallest absolute Gasteiger partial charge is 0.407 e. The molecule has 6 heteroatoms. The first-order chi connectivity index (χ1) is 10.7. The van der Waals surface area contributed by atoms with Gasteiger partial charge in [-0.3, -0.25) is 4.98 Å². The van der Waals surface area contributed by atoms with Crippen molar-refractivity contribution < 1.29 is 9.53 Å². The average molecular weight is 320 g/mol. The number of aryl methyl sites for hydroxylation is 1. The summed E-state index contributed by atoms with van der Waals surface area (Å²) in [5, 5.41) is 2.99. The fraction of sp³-hybridized carbons (Fsp3) is 0.647. The number of nitrogens with two attached hydrogens (primary N) is 1. The van der Waals surface area contributed by atoms with E-state index in [1.807, 2.05) is 33.9 Å². The quantitative estimate of drug-likeness (QED) is 0.876. The van der Waals surface area contributed by atoms with Crippen molar-refractivity contribution in [3.8, 4) is 0 Å². The van der Waals surface area contributed by atoms with Gasteiger partial charge in [0.15, 0.2) is 0 Å². The predicted molar refractivity (Wildman–Crippen MR) is 92.5 cm³/mol. The number of pyridine rings is 1. The highest BCUT2D eigenvalue weighted by Gasteiger charge is 2.29. The van der Waals surface area contributed by atoms with Crippen LogP contribution in [0.25, 0.3) is 0 Å². The number of piperidine rings is 1. The highest BCUT2D eigenvalue weighted by Crippen LogP contribution is 2.30. The summed E-state index contributed by atoms with van der Waals surface area (Å²) >= 11 is 0. The van der Waals surface area contributed by atoms with Gasteiger partial charge in [0.25, 0.3) is 0 Å². The van der Waals surface area contributed by atoms with E-state index in [0.717, 1.165) is 30.8 Å². The van der Waals surface area contributed by atoms with E-state index in [1.165, 1.54) is 0 Å². The number of hydrogen-bond acceptors (Lipinski definition) is 5. The van der Waals surface area contributed by atoms with Crippen molar-refractivity contribution in [2.45, 2.75) is 52.7 Å². The van der Waals surface area contributed by atoms with Crippen molar-refractivity contribution in [2.75, 3.05) is 23.7 Å². The Bertz CT molecular complexity index is 548. The SMILES string of the molecule is Cc1cncc(N)c1N1CC(C)CC(NC(=O)OC(C)(C)C)C1. The van der Waals surface area contributed by atoms with Gasteiger partial charge in [0.2, 0.25) is 0 Å². The minimum atomic E-state index is -0.490. The monoisotopic (exact) mass is 320 g/mol. The Morgan fingerprint density at radius 2 is 2.09 bits per heavy atom. The molecule has 23 heavy (non-hydrogen) atoms. The molecule has 2 heterocycles. The van der Waals surface area contributed by atoms with Gasteiger partial charge in [-0.1, -0.05) is 6.92 Å². The minimum absolute atomic E-state index is 0.0422. The average Bonchev–Trinajstić information content (AvgIpc) is 2.35. The van der Waals surface area contributed by atoms with Gasteiger partial charge in [-0.25, -0.2) is 4.79 Å². The molecule has 1 aromatic heterocycles. The van der Waals surface area contributed by atoms with Crippen LogP contribution < -0.4 is 16.0 Å². The second-order valence-corrected chi connectivity index (χ2v) is 7.48. The summed E-state index contributed by atoms with van der Waals surface area (Å²) in [5.74, 6) is 0.454. The van der Waals surface area contributed by atoms with Gasteiger partial charge in [0.1, 0.15) is 5.60 Å². The van der Waals surface area contributed by atoms with Crippen LogP contribution in [-0.4, -0.2) is 35.8 Å². The lowest BCUT2D eigenvalue weighted by Gasteiger charge is -2.39. The maximum absolute atomic E-state index is 12.0. The number of nitrogens with zero attached hydrogens (tertiary/aromatic N) is 2. The van der Waals surface area contributed by atoms with Crippen molar-refractivity contribution in [3.05, 3.63) is 18.0 Å². The number of anilines is 2. The van der Waals surface area contributed by atoms with Crippen molar-refractivity contribution in [3.63, 3.8) is 0 Å². The molecule has 0 aromatic carbocycles. The summed E-state index contributed by atoms with van der Waals surface area (Å²) in [6, 6.07) is 0.0422. The van der Waals surface area contributed by atoms with Gasteiger partial charge in [0, 0.05) is 25.3 Å². The van der Waals surface area contributed by atoms with E-state index in [2.05, 4.69) is 22.1 Å². The van der Waals surface area contributed by atoms with Crippen molar-refractivity contribution in [1.82, 2.24) is 10.3 Å². The summed E-state index contributed by atoms with van der Waals surface area (Å²) in [6.07, 6.45) is 4.06. The third-order valence-electron chi connectivity index (χ3n) is 3.83. The number of carbonyl (C=O) groups is 1. The topological polar surface area (TPSA) is 80.5 Å². The van der Waals surface area contributed by atoms with E-state index in [1.54, 1.807) is 6.20 Å². The molecule has 1 aromatic rings. The van der Waals surface area contributed by atoms with Crippen LogP contribution in [0.4, 0.5) is 16.2 Å². The van der Waals surface area contributed by atoms with Crippen molar-refractivity contribution in [1.29, 1.82) is 0 Å². The van der Waals surface area contributed by atoms with Gasteiger partial charge in [-0.2, -0.15) is 0 Å². The van der Waals surface area contributed by atoms with E-state index in [4.69, 9.17) is 10.5 Å². The Labute approximate surface area is 138 Å². The van der Waals surface area contributed by atoms with Crippen LogP contribution in [0.15, 0.2) is 12.4 Å². The van der Waals surface area contributed by atoms with Gasteiger partial charge in [0.05, 0.1) is 17.6 Å². The van der Waals surface area contributed by atoms with Crippen molar-refractivity contribution in [2.24, 2.45) is 5.92 Å². The third kappa shape index (κ3) is 4.74. The lowest BCUT2D eigenvalue weighted by atomic mass is 9.95. The number of rotatable bonds is 2. The number of nitrogens with one attached hydrogen (secondary N) is 1. The summed E-state index contributed by atoms with van der Waals surface area (Å²) in [4.78, 5) is 18.4. The molecule has 1 aliphatic rings. The first-order valence-corrected chi connectivity index (χ1v) is 8.10. The number of carbonyl (C=O) groups excluding carboxylic acids is 1. The van der Waals surface area contributed by atoms with Crippen LogP contribution >= 0.6 is 0 Å². The second kappa shape index (κ2) is 6.64. The molecule has 128 valence electrons. The van der Waals surface area contributed by atoms with Crippen LogP contribution in [0, 0.1) is 12.8 Å². The zero-order chi connectivity index (χ0) is 17.2. The van der Waals surface area contributed by atoms with Crippen LogP contribution in [0.2, 0.25) is 0 Å². The molecule has 0 radical (unpaired) electrons. The number of hydrogen-bond donors (Lipinski definition) is 2. The lowest BCUT2D eigenvalue weighted by Crippen LogP contribution is -2.51. The van der Waals surface area contributed by atoms with Crippen LogP contribution in [0.1, 0.15) is 39.7 Å². The first-order valence-electron chi connectivity index (χ1n) is 8.10. The van der Waals surface area contributed by atoms with Gasteiger partial charge in [-0.15, -0.1) is 0 Å². The molecule has 2 atom stereocenters. The zero-order valence-corrected chi connectivity index (χ0v) is 14.7. The molecule has 0 saturated carbocycles. The minimum Gasteiger partial charge on any atom is -0.444 e. The summed E-state index contributed by atoms with van der Waals surface area (Å²) in [7, 11) is 0. The molecular weight excluding hydrogens is 292 g/mol. The van der Waals surface area contributed by atoms with E-state index in [0.29, 0.717) is 11.6 Å². The third-order valence-corrected chi connectivity index (χ3v) is 3.83. The van der Waals surface area contributed by atoms with Crippen LogP contribution in [0.5, 0.6) is 0 Å². The highest BCUT2D eigenvalue weighted by atomic mass is 16.6. The predicted octanol–water partition coefficient (Wildman–Crippen LogP) is 2.71. The maximum Gasteiger partial charge on any atom is 0.407 e. The number of nitrogen functional groups attached to an aromatic ring is 1. The molecule has 0 aliphatic carbocycles. The molecule has 1 amide bonds. The van der Waals surface area contributed by atoms with Crippen LogP contribution in [-0.2, 0) is 4.74 Å². The highest BCUT2D eigenvalue weighted by molar-refractivity contribution is 5.71. The fourth-order valence-electron chi connectivity index (χ4n) is 3.12. The van der Waals surface area contributed by atoms with Crippen LogP contribution in [0.3, 0.4) is 0 Å². The largest absolute Gasteiger partial charge is 0.444 e. The molecular formula is C17H28N4O2. The van der Waals surface area contributed by atoms with E-state index in [9.17, 15) is 4.79 Å². The molecule has 2 rings (SSSR count). The van der Waals surface area contributed by atoms with E-state index < -0.39 is 5.60 Å². The Kier molecular flexibility index (Phi) is 5.02. The molecule has 1 fully saturated rings. The summed E-state index contributed by atoms with van der Waals surface area (Å²) in [6.45, 7) is 11.4. The summed E-state index contributed by atoms with van der Waals surface area (Å²) < 4.78 is 5.36. The van der Waals surface area contributed by atoms with E-state index in [-0.39, 0.29) is 12.1 Å². The van der Waals surface area contributed by atoms with E-state index >= 15 is 0 Å². The molecule has 0 bridgehead atoms. The molecule has 2 unspecified atom stereocenters. The Hall–Kier alpha value is -1.98. The van der Waals surface area contributed by atoms with Crippen molar-refractivity contribution >= 4 is 17.5 Å². The molecule has 1 aliphatic heterocycles. The number of aromatic nitrogens is 1. The maximum atomic E-state index is 12.0. The second-order valence-electron chi connectivity index (χ2n) is 7.48. The first kappa shape index (κ1) is 17.4.